The van der Waals surface area contributed by atoms with Crippen LogP contribution >= 0.6 is 0 Å². The largest absolute Gasteiger partial charge is 0.0848 e. The zero-order valence-electron chi connectivity index (χ0n) is 12.9. The summed E-state index contributed by atoms with van der Waals surface area (Å²) in [5.41, 5.74) is 1.86. The minimum atomic E-state index is 0.987. The first-order valence-electron chi connectivity index (χ1n) is 9.02. The molecule has 0 bridgehead atoms. The van der Waals surface area contributed by atoms with Crippen molar-refractivity contribution in [2.75, 3.05) is 0 Å². The van der Waals surface area contributed by atoms with Gasteiger partial charge in [-0.15, -0.1) is 0 Å². The van der Waals surface area contributed by atoms with Crippen molar-refractivity contribution in [3.63, 3.8) is 0 Å². The number of rotatable bonds is 2. The number of allylic oxidation sites excluding steroid dienone is 2. The van der Waals surface area contributed by atoms with Crippen LogP contribution in [-0.2, 0) is 0 Å². The predicted octanol–water partition coefficient (Wildman–Crippen LogP) is 6.12. The van der Waals surface area contributed by atoms with E-state index in [9.17, 15) is 0 Å². The van der Waals surface area contributed by atoms with Gasteiger partial charge >= 0.3 is 0 Å². The molecule has 3 rings (SSSR count). The zero-order chi connectivity index (χ0) is 13.1. The third-order valence-electron chi connectivity index (χ3n) is 6.34. The van der Waals surface area contributed by atoms with Crippen LogP contribution in [0.15, 0.2) is 11.6 Å². The minimum Gasteiger partial charge on any atom is -0.0848 e. The van der Waals surface area contributed by atoms with Crippen LogP contribution in [0.3, 0.4) is 0 Å². The van der Waals surface area contributed by atoms with Gasteiger partial charge in [-0.1, -0.05) is 50.7 Å². The summed E-state index contributed by atoms with van der Waals surface area (Å²) in [5.74, 6) is 4.11. The second kappa shape index (κ2) is 6.46. The van der Waals surface area contributed by atoms with Gasteiger partial charge in [-0.3, -0.25) is 0 Å². The molecule has 0 nitrogen and oxygen atoms in total. The van der Waals surface area contributed by atoms with Gasteiger partial charge in [0.2, 0.25) is 0 Å². The highest BCUT2D eigenvalue weighted by atomic mass is 14.3. The summed E-state index contributed by atoms with van der Waals surface area (Å²) >= 11 is 0. The van der Waals surface area contributed by atoms with E-state index in [-0.39, 0.29) is 0 Å². The summed E-state index contributed by atoms with van der Waals surface area (Å²) < 4.78 is 0. The van der Waals surface area contributed by atoms with Gasteiger partial charge in [-0.2, -0.15) is 0 Å². The molecule has 19 heavy (non-hydrogen) atoms. The number of hydrogen-bond acceptors (Lipinski definition) is 0. The van der Waals surface area contributed by atoms with E-state index in [0.29, 0.717) is 0 Å². The first-order valence-corrected chi connectivity index (χ1v) is 9.02. The summed E-state index contributed by atoms with van der Waals surface area (Å²) in [6.45, 7) is 2.44. The number of hydrogen-bond donors (Lipinski definition) is 0. The fourth-order valence-corrected chi connectivity index (χ4v) is 4.90. The summed E-state index contributed by atoms with van der Waals surface area (Å²) in [7, 11) is 0. The standard InChI is InChI=1S/C19H32/c1-15-7-9-17(10-8-15)19-13-11-18(12-14-19)16-5-3-2-4-6-16/h11,15-17,19H,2-10,12-14H2,1H3. The molecule has 3 aliphatic rings. The van der Waals surface area contributed by atoms with Gasteiger partial charge in [-0.05, 0) is 68.6 Å². The van der Waals surface area contributed by atoms with Crippen molar-refractivity contribution in [3.8, 4) is 0 Å². The summed E-state index contributed by atoms with van der Waals surface area (Å²) in [4.78, 5) is 0. The third-order valence-corrected chi connectivity index (χ3v) is 6.34. The fraction of sp³-hybridized carbons (Fsp3) is 0.895. The van der Waals surface area contributed by atoms with E-state index in [2.05, 4.69) is 13.0 Å². The molecule has 1 atom stereocenters. The van der Waals surface area contributed by atoms with Crippen LogP contribution in [0.2, 0.25) is 0 Å². The second-order valence-electron chi connectivity index (χ2n) is 7.67. The molecule has 0 radical (unpaired) electrons. The van der Waals surface area contributed by atoms with Gasteiger partial charge < -0.3 is 0 Å². The SMILES string of the molecule is CC1CCC(C2CC=C(C3CCCCC3)CC2)CC1. The van der Waals surface area contributed by atoms with Crippen LogP contribution in [0.5, 0.6) is 0 Å². The van der Waals surface area contributed by atoms with Gasteiger partial charge in [0.15, 0.2) is 0 Å². The quantitative estimate of drug-likeness (QED) is 0.525. The molecule has 0 amide bonds. The smallest absolute Gasteiger partial charge is 0.0203 e. The Bertz CT molecular complexity index is 300. The van der Waals surface area contributed by atoms with E-state index in [1.54, 1.807) is 0 Å². The molecule has 2 saturated carbocycles. The van der Waals surface area contributed by atoms with Crippen molar-refractivity contribution in [1.82, 2.24) is 0 Å². The molecule has 2 fully saturated rings. The second-order valence-corrected chi connectivity index (χ2v) is 7.67. The van der Waals surface area contributed by atoms with Gasteiger partial charge in [0.1, 0.15) is 0 Å². The van der Waals surface area contributed by atoms with Gasteiger partial charge in [0.05, 0.1) is 0 Å². The molecule has 0 aromatic rings. The van der Waals surface area contributed by atoms with E-state index in [1.807, 2.05) is 5.57 Å². The lowest BCUT2D eigenvalue weighted by Gasteiger charge is -2.36. The van der Waals surface area contributed by atoms with E-state index in [4.69, 9.17) is 0 Å². The lowest BCUT2D eigenvalue weighted by molar-refractivity contribution is 0.197. The molecule has 0 heteroatoms. The Kier molecular flexibility index (Phi) is 4.66. The van der Waals surface area contributed by atoms with Crippen LogP contribution in [0, 0.1) is 23.7 Å². The van der Waals surface area contributed by atoms with E-state index >= 15 is 0 Å². The first-order chi connectivity index (χ1) is 9.33. The van der Waals surface area contributed by atoms with Crippen LogP contribution in [-0.4, -0.2) is 0 Å². The van der Waals surface area contributed by atoms with Crippen LogP contribution in [0.1, 0.15) is 84.0 Å². The lowest BCUT2D eigenvalue weighted by atomic mass is 9.70. The molecule has 0 N–H and O–H groups in total. The molecule has 3 aliphatic carbocycles. The third kappa shape index (κ3) is 3.44. The Morgan fingerprint density at radius 1 is 0.789 bits per heavy atom. The van der Waals surface area contributed by atoms with Crippen molar-refractivity contribution < 1.29 is 0 Å². The van der Waals surface area contributed by atoms with Crippen LogP contribution < -0.4 is 0 Å². The Hall–Kier alpha value is -0.260. The minimum absolute atomic E-state index is 0.987. The van der Waals surface area contributed by atoms with Gasteiger partial charge in [0, 0.05) is 0 Å². The van der Waals surface area contributed by atoms with Crippen molar-refractivity contribution in [2.45, 2.75) is 84.0 Å². The molecule has 0 spiro atoms. The first kappa shape index (κ1) is 13.7. The fourth-order valence-electron chi connectivity index (χ4n) is 4.90. The van der Waals surface area contributed by atoms with Gasteiger partial charge in [-0.25, -0.2) is 0 Å². The van der Waals surface area contributed by atoms with E-state index in [1.165, 1.54) is 77.0 Å². The molecule has 0 aromatic carbocycles. The summed E-state index contributed by atoms with van der Waals surface area (Å²) in [6.07, 6.45) is 20.6. The van der Waals surface area contributed by atoms with Crippen LogP contribution in [0.4, 0.5) is 0 Å². The van der Waals surface area contributed by atoms with E-state index < -0.39 is 0 Å². The van der Waals surface area contributed by atoms with Crippen molar-refractivity contribution >= 4 is 0 Å². The Balaban J connectivity index is 1.51. The molecule has 108 valence electrons. The molecule has 0 heterocycles. The maximum absolute atomic E-state index is 2.68. The average Bonchev–Trinajstić information content (AvgIpc) is 2.49. The maximum atomic E-state index is 2.68. The van der Waals surface area contributed by atoms with Crippen LogP contribution in [0.25, 0.3) is 0 Å². The van der Waals surface area contributed by atoms with Crippen molar-refractivity contribution in [2.24, 2.45) is 23.7 Å². The normalized spacial score (nSPS) is 37.9. The molecule has 0 saturated heterocycles. The zero-order valence-corrected chi connectivity index (χ0v) is 12.9. The van der Waals surface area contributed by atoms with E-state index in [0.717, 1.165) is 23.7 Å². The Morgan fingerprint density at radius 2 is 1.53 bits per heavy atom. The monoisotopic (exact) mass is 260 g/mol. The highest BCUT2D eigenvalue weighted by Gasteiger charge is 2.29. The molecular weight excluding hydrogens is 228 g/mol. The average molecular weight is 260 g/mol. The Morgan fingerprint density at radius 3 is 2.16 bits per heavy atom. The Labute approximate surface area is 120 Å². The molecular formula is C19H32. The maximum Gasteiger partial charge on any atom is -0.0203 e. The predicted molar refractivity (Wildman–Crippen MR) is 83.1 cm³/mol. The highest BCUT2D eigenvalue weighted by molar-refractivity contribution is 5.11. The molecule has 0 aromatic heterocycles. The highest BCUT2D eigenvalue weighted by Crippen LogP contribution is 2.42. The molecule has 1 unspecified atom stereocenters. The topological polar surface area (TPSA) is 0 Å². The van der Waals surface area contributed by atoms with Crippen molar-refractivity contribution in [3.05, 3.63) is 11.6 Å². The van der Waals surface area contributed by atoms with Crippen molar-refractivity contribution in [1.29, 1.82) is 0 Å². The lowest BCUT2D eigenvalue weighted by Crippen LogP contribution is -2.23. The van der Waals surface area contributed by atoms with Gasteiger partial charge in [0.25, 0.3) is 0 Å². The summed E-state index contributed by atoms with van der Waals surface area (Å²) in [5, 5.41) is 0. The molecule has 0 aliphatic heterocycles. The summed E-state index contributed by atoms with van der Waals surface area (Å²) in [6, 6.07) is 0.